The molecule has 1 atom stereocenters. The number of rotatable bonds is 3. The quantitative estimate of drug-likeness (QED) is 0.541. The van der Waals surface area contributed by atoms with Gasteiger partial charge >= 0.3 is 5.97 Å². The van der Waals surface area contributed by atoms with E-state index in [1.165, 1.54) is 6.08 Å². The third-order valence-corrected chi connectivity index (χ3v) is 0.864. The van der Waals surface area contributed by atoms with Gasteiger partial charge in [0.05, 0.1) is 0 Å². The van der Waals surface area contributed by atoms with E-state index in [4.69, 9.17) is 10.8 Å². The summed E-state index contributed by atoms with van der Waals surface area (Å²) in [7, 11) is 0. The highest BCUT2D eigenvalue weighted by Gasteiger charge is 2.04. The molecule has 0 aromatic rings. The molecular formula is C6H11NO2. The van der Waals surface area contributed by atoms with E-state index in [1.807, 2.05) is 6.92 Å². The summed E-state index contributed by atoms with van der Waals surface area (Å²) >= 11 is 0. The lowest BCUT2D eigenvalue weighted by atomic mass is 10.3. The SMILES string of the molecule is CCC=CC(N)C(=O)O. The average Bonchev–Trinajstić information content (AvgIpc) is 1.82. The minimum absolute atomic E-state index is 0.820. The van der Waals surface area contributed by atoms with Crippen molar-refractivity contribution in [2.24, 2.45) is 5.73 Å². The molecule has 9 heavy (non-hydrogen) atoms. The summed E-state index contributed by atoms with van der Waals surface area (Å²) in [6, 6.07) is -0.843. The van der Waals surface area contributed by atoms with Crippen LogP contribution in [0.5, 0.6) is 0 Å². The zero-order chi connectivity index (χ0) is 7.28. The van der Waals surface area contributed by atoms with Gasteiger partial charge in [-0.25, -0.2) is 0 Å². The van der Waals surface area contributed by atoms with Crippen molar-refractivity contribution < 1.29 is 9.90 Å². The third kappa shape index (κ3) is 3.73. The standard InChI is InChI=1S/C6H11NO2/c1-2-3-4-5(7)6(8)9/h3-5H,2,7H2,1H3,(H,8,9). The topological polar surface area (TPSA) is 63.3 Å². The molecule has 0 saturated heterocycles. The van der Waals surface area contributed by atoms with Crippen LogP contribution in [0.25, 0.3) is 0 Å². The molecule has 0 bridgehead atoms. The maximum Gasteiger partial charge on any atom is 0.324 e. The normalized spacial score (nSPS) is 14.0. The molecule has 1 unspecified atom stereocenters. The number of allylic oxidation sites excluding steroid dienone is 1. The summed E-state index contributed by atoms with van der Waals surface area (Å²) < 4.78 is 0. The Kier molecular flexibility index (Phi) is 3.71. The first kappa shape index (κ1) is 8.17. The van der Waals surface area contributed by atoms with E-state index in [0.29, 0.717) is 0 Å². The van der Waals surface area contributed by atoms with Crippen LogP contribution >= 0.6 is 0 Å². The fourth-order valence-corrected chi connectivity index (χ4v) is 0.365. The van der Waals surface area contributed by atoms with Crippen molar-refractivity contribution in [1.82, 2.24) is 0 Å². The highest BCUT2D eigenvalue weighted by Crippen LogP contribution is 1.84. The lowest BCUT2D eigenvalue weighted by Gasteiger charge is -1.95. The van der Waals surface area contributed by atoms with Crippen LogP contribution in [0.15, 0.2) is 12.2 Å². The third-order valence-electron chi connectivity index (χ3n) is 0.864. The molecule has 0 aliphatic carbocycles. The van der Waals surface area contributed by atoms with Crippen molar-refractivity contribution in [3.05, 3.63) is 12.2 Å². The van der Waals surface area contributed by atoms with Crippen LogP contribution in [0.4, 0.5) is 0 Å². The Hall–Kier alpha value is -0.830. The van der Waals surface area contributed by atoms with Crippen LogP contribution in [0.2, 0.25) is 0 Å². The Balaban J connectivity index is 3.62. The molecule has 3 heteroatoms. The van der Waals surface area contributed by atoms with Crippen molar-refractivity contribution in [3.63, 3.8) is 0 Å². The summed E-state index contributed by atoms with van der Waals surface area (Å²) in [6.07, 6.45) is 4.03. The second-order valence-electron chi connectivity index (χ2n) is 1.70. The summed E-state index contributed by atoms with van der Waals surface area (Å²) in [5.41, 5.74) is 5.12. The molecule has 3 nitrogen and oxygen atoms in total. The Morgan fingerprint density at radius 2 is 2.44 bits per heavy atom. The van der Waals surface area contributed by atoms with Gasteiger partial charge in [0.2, 0.25) is 0 Å². The number of aliphatic carboxylic acids is 1. The molecular weight excluding hydrogens is 118 g/mol. The predicted octanol–water partition coefficient (Wildman–Crippen LogP) is 0.365. The smallest absolute Gasteiger partial charge is 0.324 e. The molecule has 0 fully saturated rings. The van der Waals surface area contributed by atoms with Crippen LogP contribution in [0.1, 0.15) is 13.3 Å². The van der Waals surface area contributed by atoms with Gasteiger partial charge < -0.3 is 10.8 Å². The van der Waals surface area contributed by atoms with Crippen LogP contribution in [-0.2, 0) is 4.79 Å². The van der Waals surface area contributed by atoms with Crippen molar-refractivity contribution in [1.29, 1.82) is 0 Å². The van der Waals surface area contributed by atoms with Gasteiger partial charge in [0, 0.05) is 0 Å². The summed E-state index contributed by atoms with van der Waals surface area (Å²) in [5, 5.41) is 8.23. The van der Waals surface area contributed by atoms with E-state index in [9.17, 15) is 4.79 Å². The number of carboxylic acid groups (broad SMARTS) is 1. The van der Waals surface area contributed by atoms with E-state index in [1.54, 1.807) is 6.08 Å². The number of hydrogen-bond acceptors (Lipinski definition) is 2. The molecule has 0 amide bonds. The summed E-state index contributed by atoms with van der Waals surface area (Å²) in [5.74, 6) is -0.986. The van der Waals surface area contributed by atoms with E-state index >= 15 is 0 Å². The van der Waals surface area contributed by atoms with Gasteiger partial charge in [-0.15, -0.1) is 0 Å². The van der Waals surface area contributed by atoms with Gasteiger partial charge in [-0.05, 0) is 6.42 Å². The molecule has 0 aromatic carbocycles. The second-order valence-corrected chi connectivity index (χ2v) is 1.70. The summed E-state index contributed by atoms with van der Waals surface area (Å²) in [4.78, 5) is 10.0. The lowest BCUT2D eigenvalue weighted by molar-refractivity contribution is -0.137. The first-order valence-corrected chi connectivity index (χ1v) is 2.83. The molecule has 0 rings (SSSR count). The predicted molar refractivity (Wildman–Crippen MR) is 35.0 cm³/mol. The van der Waals surface area contributed by atoms with Crippen LogP contribution < -0.4 is 5.73 Å². The Morgan fingerprint density at radius 1 is 1.89 bits per heavy atom. The zero-order valence-electron chi connectivity index (χ0n) is 5.37. The average molecular weight is 129 g/mol. The van der Waals surface area contributed by atoms with Gasteiger partial charge in [0.25, 0.3) is 0 Å². The monoisotopic (exact) mass is 129 g/mol. The van der Waals surface area contributed by atoms with E-state index in [2.05, 4.69) is 0 Å². The minimum Gasteiger partial charge on any atom is -0.480 e. The number of nitrogens with two attached hydrogens (primary N) is 1. The van der Waals surface area contributed by atoms with Crippen LogP contribution in [-0.4, -0.2) is 17.1 Å². The Morgan fingerprint density at radius 3 is 2.78 bits per heavy atom. The highest BCUT2D eigenvalue weighted by atomic mass is 16.4. The van der Waals surface area contributed by atoms with Crippen molar-refractivity contribution in [2.75, 3.05) is 0 Å². The molecule has 3 N–H and O–H groups in total. The van der Waals surface area contributed by atoms with Crippen molar-refractivity contribution >= 4 is 5.97 Å². The maximum atomic E-state index is 10.0. The first-order valence-electron chi connectivity index (χ1n) is 2.83. The largest absolute Gasteiger partial charge is 0.480 e. The van der Waals surface area contributed by atoms with Crippen molar-refractivity contribution in [3.8, 4) is 0 Å². The van der Waals surface area contributed by atoms with E-state index < -0.39 is 12.0 Å². The Labute approximate surface area is 54.2 Å². The fourth-order valence-electron chi connectivity index (χ4n) is 0.365. The molecule has 0 aliphatic heterocycles. The zero-order valence-corrected chi connectivity index (χ0v) is 5.37. The lowest BCUT2D eigenvalue weighted by Crippen LogP contribution is -2.27. The van der Waals surface area contributed by atoms with Crippen LogP contribution in [0, 0.1) is 0 Å². The molecule has 0 radical (unpaired) electrons. The number of carboxylic acids is 1. The molecule has 52 valence electrons. The fraction of sp³-hybridized carbons (Fsp3) is 0.500. The molecule has 0 aliphatic rings. The minimum atomic E-state index is -0.986. The van der Waals surface area contributed by atoms with Gasteiger partial charge in [-0.3, -0.25) is 4.79 Å². The first-order chi connectivity index (χ1) is 4.18. The summed E-state index contributed by atoms with van der Waals surface area (Å²) in [6.45, 7) is 1.92. The molecule has 0 heterocycles. The highest BCUT2D eigenvalue weighted by molar-refractivity contribution is 5.75. The number of carbonyl (C=O) groups is 1. The van der Waals surface area contributed by atoms with Crippen LogP contribution in [0.3, 0.4) is 0 Å². The van der Waals surface area contributed by atoms with Crippen molar-refractivity contribution in [2.45, 2.75) is 19.4 Å². The number of hydrogen-bond donors (Lipinski definition) is 2. The van der Waals surface area contributed by atoms with Gasteiger partial charge in [-0.1, -0.05) is 19.1 Å². The molecule has 0 aromatic heterocycles. The van der Waals surface area contributed by atoms with Gasteiger partial charge in [0.1, 0.15) is 6.04 Å². The van der Waals surface area contributed by atoms with E-state index in [-0.39, 0.29) is 0 Å². The molecule has 0 saturated carbocycles. The van der Waals surface area contributed by atoms with Gasteiger partial charge in [0.15, 0.2) is 0 Å². The molecule has 0 spiro atoms. The Bertz CT molecular complexity index is 120. The van der Waals surface area contributed by atoms with E-state index in [0.717, 1.165) is 6.42 Å². The second kappa shape index (κ2) is 4.09. The van der Waals surface area contributed by atoms with Gasteiger partial charge in [-0.2, -0.15) is 0 Å². The maximum absolute atomic E-state index is 10.0.